The molecule has 1 N–H and O–H groups in total. The van der Waals surface area contributed by atoms with Crippen LogP contribution in [0.2, 0.25) is 0 Å². The number of carbonyl (C=O) groups is 2. The van der Waals surface area contributed by atoms with E-state index in [1.165, 1.54) is 24.7 Å². The Hall–Kier alpha value is -2.99. The fourth-order valence-corrected chi connectivity index (χ4v) is 7.01. The van der Waals surface area contributed by atoms with Crippen LogP contribution in [0.5, 0.6) is 5.75 Å². The molecule has 2 aromatic heterocycles. The molecule has 3 aromatic rings. The average Bonchev–Trinajstić information content (AvgIpc) is 3.60. The summed E-state index contributed by atoms with van der Waals surface area (Å²) < 4.78 is 17.7. The smallest absolute Gasteiger partial charge is 0.351 e. The Bertz CT molecular complexity index is 1290. The number of nitrogens with one attached hydrogen (secondary N) is 1. The molecule has 10 nitrogen and oxygen atoms in total. The van der Waals surface area contributed by atoms with Crippen molar-refractivity contribution >= 4 is 44.4 Å². The first-order valence-corrected chi connectivity index (χ1v) is 15.2. The van der Waals surface area contributed by atoms with E-state index in [0.29, 0.717) is 55.0 Å². The number of nitrogens with zero attached hydrogens (tertiary/aromatic N) is 3. The van der Waals surface area contributed by atoms with Crippen molar-refractivity contribution in [3.05, 3.63) is 52.1 Å². The van der Waals surface area contributed by atoms with Crippen molar-refractivity contribution < 1.29 is 23.5 Å². The molecule has 3 heterocycles. The summed E-state index contributed by atoms with van der Waals surface area (Å²) in [6.45, 7) is 3.23. The van der Waals surface area contributed by atoms with E-state index >= 15 is 0 Å². The molecule has 0 bridgehead atoms. The minimum atomic E-state index is -0.746. The molecule has 0 radical (unpaired) electrons. The molecule has 1 unspecified atom stereocenters. The van der Waals surface area contributed by atoms with E-state index < -0.39 is 11.6 Å². The van der Waals surface area contributed by atoms with Gasteiger partial charge in [0.15, 0.2) is 0 Å². The molecule has 1 saturated heterocycles. The molecule has 0 spiro atoms. The van der Waals surface area contributed by atoms with E-state index in [1.807, 2.05) is 27.8 Å². The van der Waals surface area contributed by atoms with Crippen LogP contribution in [-0.4, -0.2) is 51.1 Å². The van der Waals surface area contributed by atoms with E-state index in [-0.39, 0.29) is 18.1 Å². The molecule has 1 amide bonds. The van der Waals surface area contributed by atoms with Gasteiger partial charge in [0, 0.05) is 41.8 Å². The molecule has 38 heavy (non-hydrogen) atoms. The largest absolute Gasteiger partial charge is 0.493 e. The van der Waals surface area contributed by atoms with Gasteiger partial charge in [0.1, 0.15) is 22.6 Å². The van der Waals surface area contributed by atoms with Crippen LogP contribution >= 0.6 is 21.6 Å². The maximum atomic E-state index is 12.1. The Balaban J connectivity index is 1.15. The van der Waals surface area contributed by atoms with Crippen LogP contribution in [0.25, 0.3) is 11.0 Å². The van der Waals surface area contributed by atoms with Gasteiger partial charge in [-0.3, -0.25) is 9.48 Å². The van der Waals surface area contributed by atoms with E-state index in [2.05, 4.69) is 15.6 Å². The Morgan fingerprint density at radius 1 is 1.24 bits per heavy atom. The van der Waals surface area contributed by atoms with Crippen LogP contribution in [-0.2, 0) is 22.6 Å². The predicted octanol–water partition coefficient (Wildman–Crippen LogP) is 4.36. The lowest BCUT2D eigenvalue weighted by Crippen LogP contribution is -2.22. The molecular formula is C26H32N4O6S2. The third kappa shape index (κ3) is 8.26. The maximum absolute atomic E-state index is 12.1. The lowest BCUT2D eigenvalue weighted by atomic mass is 10.1. The number of benzene rings is 1. The fraction of sp³-hybridized carbons (Fsp3) is 0.500. The second-order valence-electron chi connectivity index (χ2n) is 8.89. The molecule has 4 rings (SSSR count). The van der Waals surface area contributed by atoms with Crippen LogP contribution < -0.4 is 15.7 Å². The first-order valence-electron chi connectivity index (χ1n) is 12.8. The molecule has 1 aliphatic heterocycles. The van der Waals surface area contributed by atoms with Crippen molar-refractivity contribution in [3.63, 3.8) is 0 Å². The molecule has 1 fully saturated rings. The van der Waals surface area contributed by atoms with Crippen molar-refractivity contribution in [2.24, 2.45) is 0 Å². The number of amides is 1. The van der Waals surface area contributed by atoms with Crippen molar-refractivity contribution in [3.8, 4) is 5.75 Å². The van der Waals surface area contributed by atoms with Crippen molar-refractivity contribution in [2.75, 3.05) is 19.0 Å². The number of rotatable bonds is 14. The molecule has 204 valence electrons. The Morgan fingerprint density at radius 2 is 2.13 bits per heavy atom. The van der Waals surface area contributed by atoms with Crippen LogP contribution in [0, 0.1) is 0 Å². The molecule has 1 aliphatic rings. The number of hydrogen-bond acceptors (Lipinski definition) is 10. The highest BCUT2D eigenvalue weighted by atomic mass is 33.1. The van der Waals surface area contributed by atoms with E-state index in [9.17, 15) is 14.4 Å². The number of unbranched alkanes of at least 4 members (excludes halogenated alkanes) is 1. The number of ether oxygens (including phenoxy) is 2. The summed E-state index contributed by atoms with van der Waals surface area (Å²) in [5.41, 5.74) is 0.165. The summed E-state index contributed by atoms with van der Waals surface area (Å²) in [5.74, 6) is 1.14. The monoisotopic (exact) mass is 560 g/mol. The van der Waals surface area contributed by atoms with Crippen LogP contribution in [0.15, 0.2) is 39.7 Å². The Kier molecular flexibility index (Phi) is 10.5. The molecule has 1 atom stereocenters. The number of aromatic nitrogens is 3. The molecule has 1 aromatic carbocycles. The van der Waals surface area contributed by atoms with Crippen molar-refractivity contribution in [1.29, 1.82) is 0 Å². The number of esters is 1. The molecule has 12 heteroatoms. The zero-order chi connectivity index (χ0) is 26.7. The predicted molar refractivity (Wildman–Crippen MR) is 147 cm³/mol. The first kappa shape index (κ1) is 28.0. The normalized spacial score (nSPS) is 15.0. The van der Waals surface area contributed by atoms with Gasteiger partial charge < -0.3 is 19.2 Å². The highest BCUT2D eigenvalue weighted by molar-refractivity contribution is 8.77. The summed E-state index contributed by atoms with van der Waals surface area (Å²) in [6, 6.07) is 6.56. The highest BCUT2D eigenvalue weighted by Crippen LogP contribution is 2.39. The highest BCUT2D eigenvalue weighted by Gasteiger charge is 2.16. The van der Waals surface area contributed by atoms with Gasteiger partial charge in [-0.15, -0.1) is 5.10 Å². The van der Waals surface area contributed by atoms with Crippen LogP contribution in [0.4, 0.5) is 0 Å². The maximum Gasteiger partial charge on any atom is 0.351 e. The summed E-state index contributed by atoms with van der Waals surface area (Å²) in [7, 11) is 3.94. The van der Waals surface area contributed by atoms with Gasteiger partial charge in [-0.05, 0) is 44.4 Å². The standard InChI is InChI=1S/C26H32N4O6S2/c1-2-34-25(32)22-14-18-8-9-20(15-23(18)36-26(22)33)35-12-5-11-30-17-19(28-29-30)16-27-24(31)7-4-3-6-21-10-13-37-38-21/h8-9,14-15,17,21H,2-7,10-13,16H2,1H3,(H,27,31). The van der Waals surface area contributed by atoms with Gasteiger partial charge in [0.25, 0.3) is 0 Å². The van der Waals surface area contributed by atoms with Gasteiger partial charge in [-0.25, -0.2) is 9.59 Å². The van der Waals surface area contributed by atoms with Crippen LogP contribution in [0.3, 0.4) is 0 Å². The molecular weight excluding hydrogens is 528 g/mol. The van der Waals surface area contributed by atoms with Gasteiger partial charge >= 0.3 is 11.6 Å². The molecule has 0 saturated carbocycles. The summed E-state index contributed by atoms with van der Waals surface area (Å²) >= 11 is 0. The minimum absolute atomic E-state index is 0.0461. The van der Waals surface area contributed by atoms with Gasteiger partial charge in [-0.2, -0.15) is 0 Å². The van der Waals surface area contributed by atoms with Gasteiger partial charge in [-0.1, -0.05) is 33.2 Å². The quantitative estimate of drug-likeness (QED) is 0.132. The lowest BCUT2D eigenvalue weighted by molar-refractivity contribution is -0.121. The van der Waals surface area contributed by atoms with Crippen molar-refractivity contribution in [1.82, 2.24) is 20.3 Å². The van der Waals surface area contributed by atoms with Gasteiger partial charge in [0.05, 0.1) is 26.0 Å². The van der Waals surface area contributed by atoms with Crippen molar-refractivity contribution in [2.45, 2.75) is 63.8 Å². The topological polar surface area (TPSA) is 126 Å². The third-order valence-electron chi connectivity index (χ3n) is 5.96. The minimum Gasteiger partial charge on any atom is -0.493 e. The zero-order valence-electron chi connectivity index (χ0n) is 21.3. The van der Waals surface area contributed by atoms with Gasteiger partial charge in [0.2, 0.25) is 5.91 Å². The Labute approximate surface area is 228 Å². The number of hydrogen-bond donors (Lipinski definition) is 1. The van der Waals surface area contributed by atoms with Crippen LogP contribution in [0.1, 0.15) is 61.5 Å². The average molecular weight is 561 g/mol. The second-order valence-corrected chi connectivity index (χ2v) is 11.7. The number of carbonyl (C=O) groups excluding carboxylic acids is 2. The SMILES string of the molecule is CCOC(=O)c1cc2ccc(OCCCn3cc(CNC(=O)CCCCC4CCSS4)nn3)cc2oc1=O. The van der Waals surface area contributed by atoms with E-state index in [4.69, 9.17) is 13.9 Å². The summed E-state index contributed by atoms with van der Waals surface area (Å²) in [5, 5.41) is 12.5. The zero-order valence-corrected chi connectivity index (χ0v) is 23.0. The summed E-state index contributed by atoms with van der Waals surface area (Å²) in [6.07, 6.45) is 7.52. The number of fused-ring (bicyclic) bond motifs is 1. The number of aryl methyl sites for hydroxylation is 1. The first-order chi connectivity index (χ1) is 18.5. The second kappa shape index (κ2) is 14.2. The van der Waals surface area contributed by atoms with E-state index in [0.717, 1.165) is 18.1 Å². The fourth-order valence-electron chi connectivity index (χ4n) is 3.98. The van der Waals surface area contributed by atoms with E-state index in [1.54, 1.807) is 29.8 Å². The molecule has 0 aliphatic carbocycles. The Morgan fingerprint density at radius 3 is 2.95 bits per heavy atom. The summed E-state index contributed by atoms with van der Waals surface area (Å²) in [4.78, 5) is 36.1. The lowest BCUT2D eigenvalue weighted by Gasteiger charge is -2.07. The third-order valence-corrected chi connectivity index (χ3v) is 8.97.